The number of carboxylic acid groups (broad SMARTS) is 1. The zero-order chi connectivity index (χ0) is 28.6. The molecule has 0 radical (unpaired) electrons. The second-order valence-electron chi connectivity index (χ2n) is 10.4. The number of aryl methyl sites for hydroxylation is 3. The Bertz CT molecular complexity index is 1490. The lowest BCUT2D eigenvalue weighted by Gasteiger charge is -2.23. The van der Waals surface area contributed by atoms with Crippen molar-refractivity contribution >= 4 is 18.1 Å². The Kier molecular flexibility index (Phi) is 9.29. The minimum absolute atomic E-state index is 0.209. The van der Waals surface area contributed by atoms with E-state index in [0.29, 0.717) is 25.4 Å². The van der Waals surface area contributed by atoms with Crippen LogP contribution < -0.4 is 4.74 Å². The molecule has 0 amide bonds. The average molecular weight is 549 g/mol. The molecule has 2 atom stereocenters. The quantitative estimate of drug-likeness (QED) is 0.192. The molecule has 5 rings (SSSR count). The summed E-state index contributed by atoms with van der Waals surface area (Å²) >= 11 is 0. The molecule has 1 N–H and O–H groups in total. The van der Waals surface area contributed by atoms with Crippen molar-refractivity contribution < 1.29 is 24.1 Å². The van der Waals surface area contributed by atoms with Crippen molar-refractivity contribution in [2.75, 3.05) is 20.3 Å². The molecule has 0 aliphatic heterocycles. The largest absolute Gasteiger partial charge is 0.491 e. The highest BCUT2D eigenvalue weighted by atomic mass is 16.5. The number of carbonyl (C=O) groups is 1. The number of fused-ring (bicyclic) bond motifs is 2. The molecule has 0 heterocycles. The molecule has 210 valence electrons. The number of benzene rings is 4. The van der Waals surface area contributed by atoms with E-state index in [1.807, 2.05) is 24.3 Å². The van der Waals surface area contributed by atoms with Crippen LogP contribution in [0.25, 0.3) is 12.2 Å². The maximum absolute atomic E-state index is 11.2. The van der Waals surface area contributed by atoms with Crippen molar-refractivity contribution in [3.05, 3.63) is 136 Å². The van der Waals surface area contributed by atoms with Gasteiger partial charge in [0.2, 0.25) is 0 Å². The number of ether oxygens (including phenoxy) is 3. The van der Waals surface area contributed by atoms with E-state index in [4.69, 9.17) is 14.2 Å². The fourth-order valence-electron chi connectivity index (χ4n) is 5.33. The number of hydrogen-bond donors (Lipinski definition) is 1. The Labute approximate surface area is 242 Å². The minimum atomic E-state index is -0.972. The zero-order valence-corrected chi connectivity index (χ0v) is 23.6. The van der Waals surface area contributed by atoms with Gasteiger partial charge in [-0.2, -0.15) is 0 Å². The van der Waals surface area contributed by atoms with Crippen molar-refractivity contribution in [2.45, 2.75) is 38.4 Å². The predicted molar refractivity (Wildman–Crippen MR) is 162 cm³/mol. The topological polar surface area (TPSA) is 65.0 Å². The second kappa shape index (κ2) is 13.4. The minimum Gasteiger partial charge on any atom is -0.491 e. The van der Waals surface area contributed by atoms with Crippen LogP contribution in [-0.4, -0.2) is 37.5 Å². The first-order chi connectivity index (χ1) is 20.0. The molecule has 5 nitrogen and oxygen atoms in total. The van der Waals surface area contributed by atoms with Crippen molar-refractivity contribution in [1.82, 2.24) is 0 Å². The van der Waals surface area contributed by atoms with E-state index in [-0.39, 0.29) is 6.10 Å². The Balaban J connectivity index is 1.29. The molecule has 5 heteroatoms. The van der Waals surface area contributed by atoms with E-state index in [2.05, 4.69) is 85.8 Å². The first kappa shape index (κ1) is 28.3. The molecule has 4 aromatic rings. The number of aliphatic carboxylic acids is 1. The molecule has 0 aromatic heterocycles. The van der Waals surface area contributed by atoms with Crippen molar-refractivity contribution in [3.63, 3.8) is 0 Å². The smallest absolute Gasteiger partial charge is 0.333 e. The highest BCUT2D eigenvalue weighted by Crippen LogP contribution is 2.37. The summed E-state index contributed by atoms with van der Waals surface area (Å²) < 4.78 is 17.6. The Hall–Kier alpha value is -4.19. The highest BCUT2D eigenvalue weighted by molar-refractivity contribution is 5.78. The fraction of sp³-hybridized carbons (Fsp3) is 0.250. The summed E-state index contributed by atoms with van der Waals surface area (Å²) in [6, 6.07) is 31.1. The highest BCUT2D eigenvalue weighted by Gasteiger charge is 2.24. The Morgan fingerprint density at radius 3 is 2.39 bits per heavy atom. The summed E-state index contributed by atoms with van der Waals surface area (Å²) in [6.45, 7) is 2.92. The van der Waals surface area contributed by atoms with Crippen LogP contribution in [0.2, 0.25) is 0 Å². The summed E-state index contributed by atoms with van der Waals surface area (Å²) in [5.41, 5.74) is 9.45. The van der Waals surface area contributed by atoms with Crippen molar-refractivity contribution in [1.29, 1.82) is 0 Å². The third-order valence-corrected chi connectivity index (χ3v) is 7.53. The van der Waals surface area contributed by atoms with E-state index >= 15 is 0 Å². The molecule has 41 heavy (non-hydrogen) atoms. The number of rotatable bonds is 12. The summed E-state index contributed by atoms with van der Waals surface area (Å²) in [5.74, 6) is -0.260. The molecule has 4 aromatic carbocycles. The fourth-order valence-corrected chi connectivity index (χ4v) is 5.33. The van der Waals surface area contributed by atoms with Crippen molar-refractivity contribution in [2.24, 2.45) is 0 Å². The van der Waals surface area contributed by atoms with E-state index < -0.39 is 12.1 Å². The maximum atomic E-state index is 11.2. The molecule has 1 aliphatic carbocycles. The van der Waals surface area contributed by atoms with Crippen LogP contribution in [0.15, 0.2) is 91.0 Å². The molecule has 0 bridgehead atoms. The van der Waals surface area contributed by atoms with Gasteiger partial charge in [-0.3, -0.25) is 0 Å². The van der Waals surface area contributed by atoms with E-state index in [9.17, 15) is 9.90 Å². The van der Waals surface area contributed by atoms with Gasteiger partial charge in [0.15, 0.2) is 6.10 Å². The number of carboxylic acids is 1. The van der Waals surface area contributed by atoms with Crippen LogP contribution >= 0.6 is 0 Å². The molecule has 0 fully saturated rings. The van der Waals surface area contributed by atoms with Crippen LogP contribution in [0.3, 0.4) is 0 Å². The standard InChI is InChI=1S/C36H36O5/c1-25-11-15-29-17-20-31-28(16-12-26-7-4-3-5-8-26)9-6-10-32(31)35(33(29)23-25)41-22-21-40-30-18-13-27(14-19-30)24-34(39-2)36(37)38/h3-11,13-15,17-20,23,34-35H,12,16,21-22,24H2,1-2H3,(H,37,38). The van der Waals surface area contributed by atoms with E-state index in [0.717, 1.165) is 29.5 Å². The van der Waals surface area contributed by atoms with Gasteiger partial charge < -0.3 is 19.3 Å². The van der Waals surface area contributed by atoms with Gasteiger partial charge in [-0.15, -0.1) is 0 Å². The summed E-state index contributed by atoms with van der Waals surface area (Å²) in [7, 11) is 1.41. The normalized spacial score (nSPS) is 14.5. The van der Waals surface area contributed by atoms with Crippen LogP contribution in [-0.2, 0) is 33.5 Å². The summed E-state index contributed by atoms with van der Waals surface area (Å²) in [4.78, 5) is 11.2. The molecular formula is C36H36O5. The van der Waals surface area contributed by atoms with Gasteiger partial charge in [0, 0.05) is 13.5 Å². The van der Waals surface area contributed by atoms with Gasteiger partial charge in [-0.25, -0.2) is 4.79 Å². The SMILES string of the molecule is COC(Cc1ccc(OCCOC2c3cc(C)ccc3C=Cc3c(CCc4ccccc4)cccc32)cc1)C(=O)O. The van der Waals surface area contributed by atoms with Gasteiger partial charge >= 0.3 is 5.97 Å². The Morgan fingerprint density at radius 2 is 1.63 bits per heavy atom. The molecule has 2 unspecified atom stereocenters. The molecular weight excluding hydrogens is 512 g/mol. The predicted octanol–water partition coefficient (Wildman–Crippen LogP) is 7.09. The van der Waals surface area contributed by atoms with Crippen LogP contribution in [0.5, 0.6) is 5.75 Å². The van der Waals surface area contributed by atoms with Gasteiger partial charge in [0.25, 0.3) is 0 Å². The number of hydrogen-bond acceptors (Lipinski definition) is 4. The van der Waals surface area contributed by atoms with Crippen LogP contribution in [0, 0.1) is 6.92 Å². The first-order valence-electron chi connectivity index (χ1n) is 14.0. The maximum Gasteiger partial charge on any atom is 0.333 e. The first-order valence-corrected chi connectivity index (χ1v) is 14.0. The van der Waals surface area contributed by atoms with Crippen molar-refractivity contribution in [3.8, 4) is 5.75 Å². The van der Waals surface area contributed by atoms with Gasteiger partial charge in [0.1, 0.15) is 18.5 Å². The van der Waals surface area contributed by atoms with Gasteiger partial charge in [-0.1, -0.05) is 96.6 Å². The van der Waals surface area contributed by atoms with Gasteiger partial charge in [-0.05, 0) is 70.8 Å². The summed E-state index contributed by atoms with van der Waals surface area (Å²) in [6.07, 6.45) is 5.62. The lowest BCUT2D eigenvalue weighted by atomic mass is 9.91. The van der Waals surface area contributed by atoms with Gasteiger partial charge in [0.05, 0.1) is 6.61 Å². The van der Waals surface area contributed by atoms with Crippen LogP contribution in [0.4, 0.5) is 0 Å². The lowest BCUT2D eigenvalue weighted by molar-refractivity contribution is -0.148. The third-order valence-electron chi connectivity index (χ3n) is 7.53. The summed E-state index contributed by atoms with van der Waals surface area (Å²) in [5, 5.41) is 9.22. The average Bonchev–Trinajstić information content (AvgIpc) is 3.14. The van der Waals surface area contributed by atoms with E-state index in [1.54, 1.807) is 0 Å². The lowest BCUT2D eigenvalue weighted by Crippen LogP contribution is -2.24. The molecule has 1 aliphatic rings. The second-order valence-corrected chi connectivity index (χ2v) is 10.4. The monoisotopic (exact) mass is 548 g/mol. The third kappa shape index (κ3) is 7.12. The molecule has 0 spiro atoms. The Morgan fingerprint density at radius 1 is 0.829 bits per heavy atom. The van der Waals surface area contributed by atoms with E-state index in [1.165, 1.54) is 34.9 Å². The molecule has 0 saturated carbocycles. The van der Waals surface area contributed by atoms with Crippen LogP contribution in [0.1, 0.15) is 50.6 Å². The number of methoxy groups -OCH3 is 1. The zero-order valence-electron chi connectivity index (χ0n) is 23.6. The molecule has 0 saturated heterocycles.